The molecular weight excluding hydrogens is 244 g/mol. The van der Waals surface area contributed by atoms with Crippen LogP contribution in [0.15, 0.2) is 24.3 Å². The van der Waals surface area contributed by atoms with Crippen LogP contribution in [0, 0.1) is 20.8 Å². The van der Waals surface area contributed by atoms with E-state index in [0.29, 0.717) is 0 Å². The van der Waals surface area contributed by atoms with Crippen molar-refractivity contribution < 1.29 is 0 Å². The highest BCUT2D eigenvalue weighted by Gasteiger charge is 2.16. The predicted molar refractivity (Wildman–Crippen MR) is 89.4 cm³/mol. The van der Waals surface area contributed by atoms with Crippen LogP contribution in [-0.2, 0) is 0 Å². The van der Waals surface area contributed by atoms with Crippen LogP contribution in [-0.4, -0.2) is 30.7 Å². The average molecular weight is 261 g/mol. The Morgan fingerprint density at radius 1 is 0.900 bits per heavy atom. The maximum atomic E-state index is 4.37. The number of hydrogen-bond acceptors (Lipinski definition) is 2. The highest BCUT2D eigenvalue weighted by Crippen LogP contribution is 2.18. The van der Waals surface area contributed by atoms with Crippen LogP contribution in [0.1, 0.15) is 16.7 Å². The highest BCUT2D eigenvalue weighted by molar-refractivity contribution is 6.40. The number of aromatic nitrogens is 3. The second-order valence-electron chi connectivity index (χ2n) is 5.46. The van der Waals surface area contributed by atoms with Gasteiger partial charge in [0.05, 0.1) is 11.2 Å². The van der Waals surface area contributed by atoms with Gasteiger partial charge >= 0.3 is 0 Å². The van der Waals surface area contributed by atoms with Crippen molar-refractivity contribution in [3.8, 4) is 5.69 Å². The maximum absolute atomic E-state index is 4.37. The number of rotatable bonds is 1. The van der Waals surface area contributed by atoms with E-state index in [0.717, 1.165) is 11.0 Å². The molecule has 98 valence electrons. The molecule has 0 radical (unpaired) electrons. The maximum Gasteiger partial charge on any atom is 0.142 e. The van der Waals surface area contributed by atoms with Gasteiger partial charge in [0.25, 0.3) is 0 Å². The molecule has 0 amide bonds. The molecule has 0 aliphatic carbocycles. The third-order valence-electron chi connectivity index (χ3n) is 4.52. The zero-order chi connectivity index (χ0) is 14.4. The average Bonchev–Trinajstić information content (AvgIpc) is 2.87. The van der Waals surface area contributed by atoms with Crippen LogP contribution >= 0.6 is 0 Å². The third-order valence-corrected chi connectivity index (χ3v) is 4.52. The summed E-state index contributed by atoms with van der Waals surface area (Å²) in [5, 5.41) is 8.64. The second-order valence-corrected chi connectivity index (χ2v) is 5.46. The van der Waals surface area contributed by atoms with E-state index in [1.807, 2.05) is 22.9 Å². The van der Waals surface area contributed by atoms with Crippen LogP contribution in [0.3, 0.4) is 0 Å². The summed E-state index contributed by atoms with van der Waals surface area (Å²) < 4.78 is 1.97. The standard InChI is InChI=1S/C15H17B2N3/c1-8-9(2)14(17)15(10(3)13(8)16)20-12-7-5-4-6-11(12)18-19-20/h4-7H,16-17H2,1-3H3. The first-order chi connectivity index (χ1) is 9.52. The molecule has 0 atom stereocenters. The Bertz CT molecular complexity index is 792. The number of benzene rings is 2. The van der Waals surface area contributed by atoms with Crippen LogP contribution in [0.4, 0.5) is 0 Å². The van der Waals surface area contributed by atoms with Crippen molar-refractivity contribution in [1.29, 1.82) is 0 Å². The van der Waals surface area contributed by atoms with E-state index in [-0.39, 0.29) is 0 Å². The molecule has 0 aliphatic heterocycles. The number of fused-ring (bicyclic) bond motifs is 1. The first kappa shape index (κ1) is 13.0. The summed E-state index contributed by atoms with van der Waals surface area (Å²) in [7, 11) is 4.35. The fraction of sp³-hybridized carbons (Fsp3) is 0.200. The van der Waals surface area contributed by atoms with Crippen molar-refractivity contribution in [2.75, 3.05) is 0 Å². The van der Waals surface area contributed by atoms with Crippen molar-refractivity contribution in [3.05, 3.63) is 41.0 Å². The molecule has 20 heavy (non-hydrogen) atoms. The van der Waals surface area contributed by atoms with Gasteiger partial charge in [0.2, 0.25) is 0 Å². The summed E-state index contributed by atoms with van der Waals surface area (Å²) in [6.45, 7) is 6.54. The van der Waals surface area contributed by atoms with Crippen LogP contribution in [0.2, 0.25) is 0 Å². The van der Waals surface area contributed by atoms with Gasteiger partial charge < -0.3 is 0 Å². The van der Waals surface area contributed by atoms with Crippen molar-refractivity contribution in [1.82, 2.24) is 15.0 Å². The van der Waals surface area contributed by atoms with Crippen molar-refractivity contribution in [2.45, 2.75) is 20.8 Å². The third kappa shape index (κ3) is 1.69. The molecule has 0 aliphatic rings. The van der Waals surface area contributed by atoms with E-state index in [1.54, 1.807) is 0 Å². The SMILES string of the molecule is Bc1c(C)c(C)c(B)c(-n2nnc3ccccc32)c1C. The van der Waals surface area contributed by atoms with E-state index in [9.17, 15) is 0 Å². The first-order valence-electron chi connectivity index (χ1n) is 6.90. The summed E-state index contributed by atoms with van der Waals surface area (Å²) in [5.41, 5.74) is 9.75. The molecule has 1 aromatic heterocycles. The zero-order valence-electron chi connectivity index (χ0n) is 12.7. The number of hydrogen-bond donors (Lipinski definition) is 0. The Morgan fingerprint density at radius 3 is 2.30 bits per heavy atom. The predicted octanol–water partition coefficient (Wildman–Crippen LogP) is -0.137. The van der Waals surface area contributed by atoms with Gasteiger partial charge in [0.15, 0.2) is 0 Å². The number of para-hydroxylation sites is 1. The molecule has 3 aromatic rings. The Labute approximate surface area is 120 Å². The lowest BCUT2D eigenvalue weighted by molar-refractivity contribution is 0.822. The van der Waals surface area contributed by atoms with Gasteiger partial charge in [-0.15, -0.1) is 5.10 Å². The van der Waals surface area contributed by atoms with E-state index in [1.165, 1.54) is 33.3 Å². The fourth-order valence-corrected chi connectivity index (χ4v) is 2.83. The minimum absolute atomic E-state index is 0.933. The molecule has 0 bridgehead atoms. The summed E-state index contributed by atoms with van der Waals surface area (Å²) in [6.07, 6.45) is 0. The molecule has 0 N–H and O–H groups in total. The highest BCUT2D eigenvalue weighted by atomic mass is 15.4. The van der Waals surface area contributed by atoms with Gasteiger partial charge in [-0.2, -0.15) is 0 Å². The zero-order valence-corrected chi connectivity index (χ0v) is 12.7. The fourth-order valence-electron chi connectivity index (χ4n) is 2.83. The van der Waals surface area contributed by atoms with Gasteiger partial charge in [-0.05, 0) is 38.5 Å². The lowest BCUT2D eigenvalue weighted by Gasteiger charge is -2.19. The smallest absolute Gasteiger partial charge is 0.142 e. The molecule has 0 saturated heterocycles. The molecule has 3 nitrogen and oxygen atoms in total. The summed E-state index contributed by atoms with van der Waals surface area (Å²) in [6, 6.07) is 8.09. The molecule has 1 heterocycles. The summed E-state index contributed by atoms with van der Waals surface area (Å²) in [4.78, 5) is 0. The molecule has 0 saturated carbocycles. The van der Waals surface area contributed by atoms with Crippen molar-refractivity contribution in [2.24, 2.45) is 0 Å². The quantitative estimate of drug-likeness (QED) is 0.571. The molecule has 0 fully saturated rings. The topological polar surface area (TPSA) is 30.7 Å². The van der Waals surface area contributed by atoms with Crippen molar-refractivity contribution in [3.63, 3.8) is 0 Å². The van der Waals surface area contributed by atoms with Gasteiger partial charge in [0, 0.05) is 0 Å². The van der Waals surface area contributed by atoms with E-state index in [2.05, 4.69) is 52.8 Å². The monoisotopic (exact) mass is 261 g/mol. The molecular formula is C15H17B2N3. The van der Waals surface area contributed by atoms with E-state index < -0.39 is 0 Å². The first-order valence-corrected chi connectivity index (χ1v) is 6.90. The Morgan fingerprint density at radius 2 is 1.55 bits per heavy atom. The van der Waals surface area contributed by atoms with Crippen LogP contribution < -0.4 is 10.9 Å². The van der Waals surface area contributed by atoms with Gasteiger partial charge in [-0.1, -0.05) is 39.4 Å². The minimum atomic E-state index is 0.933. The molecule has 0 unspecified atom stereocenters. The summed E-state index contributed by atoms with van der Waals surface area (Å²) in [5.74, 6) is 0. The number of nitrogens with zero attached hydrogens (tertiary/aromatic N) is 3. The van der Waals surface area contributed by atoms with Crippen LogP contribution in [0.25, 0.3) is 16.7 Å². The lowest BCUT2D eigenvalue weighted by Crippen LogP contribution is -2.28. The normalized spacial score (nSPS) is 11.2. The molecule has 2 aromatic carbocycles. The minimum Gasteiger partial charge on any atom is -0.213 e. The largest absolute Gasteiger partial charge is 0.213 e. The van der Waals surface area contributed by atoms with E-state index >= 15 is 0 Å². The lowest BCUT2D eigenvalue weighted by atomic mass is 9.76. The van der Waals surface area contributed by atoms with Gasteiger partial charge in [-0.3, -0.25) is 0 Å². The molecule has 5 heteroatoms. The van der Waals surface area contributed by atoms with Gasteiger partial charge in [-0.25, -0.2) is 4.68 Å². The second kappa shape index (κ2) is 4.51. The summed E-state index contributed by atoms with van der Waals surface area (Å²) >= 11 is 0. The Hall–Kier alpha value is -2.03. The van der Waals surface area contributed by atoms with Gasteiger partial charge in [0.1, 0.15) is 21.2 Å². The van der Waals surface area contributed by atoms with Crippen molar-refractivity contribution >= 4 is 37.7 Å². The van der Waals surface area contributed by atoms with Crippen LogP contribution in [0.5, 0.6) is 0 Å². The molecule has 0 spiro atoms. The molecule has 3 rings (SSSR count). The van der Waals surface area contributed by atoms with E-state index in [4.69, 9.17) is 0 Å². The Balaban J connectivity index is 2.41. The Kier molecular flexibility index (Phi) is 2.93.